The Balaban J connectivity index is 1.76. The van der Waals surface area contributed by atoms with Gasteiger partial charge in [0.15, 0.2) is 16.0 Å². The zero-order valence-electron chi connectivity index (χ0n) is 11.1. The summed E-state index contributed by atoms with van der Waals surface area (Å²) in [5, 5.41) is 2.53. The van der Waals surface area contributed by atoms with Gasteiger partial charge in [0.2, 0.25) is 0 Å². The summed E-state index contributed by atoms with van der Waals surface area (Å²) in [6.45, 7) is 0. The van der Waals surface area contributed by atoms with Crippen molar-refractivity contribution in [3.05, 3.63) is 0 Å². The van der Waals surface area contributed by atoms with Crippen molar-refractivity contribution in [3.63, 3.8) is 0 Å². The molecule has 6 heteroatoms. The number of halogens is 1. The van der Waals surface area contributed by atoms with Crippen molar-refractivity contribution in [2.45, 2.75) is 57.2 Å². The fourth-order valence-corrected chi connectivity index (χ4v) is 4.70. The quantitative estimate of drug-likeness (QED) is 0.855. The van der Waals surface area contributed by atoms with Gasteiger partial charge in [0, 0.05) is 6.04 Å². The van der Waals surface area contributed by atoms with Gasteiger partial charge in [-0.15, -0.1) is 0 Å². The van der Waals surface area contributed by atoms with Crippen molar-refractivity contribution < 1.29 is 17.6 Å². The summed E-state index contributed by atoms with van der Waals surface area (Å²) in [4.78, 5) is 11.7. The summed E-state index contributed by atoms with van der Waals surface area (Å²) in [7, 11) is -3.03. The number of hydrogen-bond donors (Lipinski definition) is 1. The first-order chi connectivity index (χ1) is 8.96. The Morgan fingerprint density at radius 2 is 1.89 bits per heavy atom. The highest BCUT2D eigenvalue weighted by Crippen LogP contribution is 2.28. The van der Waals surface area contributed by atoms with Crippen molar-refractivity contribution in [1.82, 2.24) is 5.32 Å². The van der Waals surface area contributed by atoms with Gasteiger partial charge in [-0.3, -0.25) is 4.79 Å². The van der Waals surface area contributed by atoms with Crippen LogP contribution < -0.4 is 5.32 Å². The number of rotatable bonds is 4. The Bertz CT molecular complexity index is 418. The van der Waals surface area contributed by atoms with E-state index in [0.29, 0.717) is 12.3 Å². The topological polar surface area (TPSA) is 63.2 Å². The molecule has 1 heterocycles. The molecule has 2 fully saturated rings. The van der Waals surface area contributed by atoms with E-state index in [2.05, 4.69) is 5.32 Å². The van der Waals surface area contributed by atoms with Gasteiger partial charge >= 0.3 is 0 Å². The highest BCUT2D eigenvalue weighted by Gasteiger charge is 2.31. The summed E-state index contributed by atoms with van der Waals surface area (Å²) < 4.78 is 36.4. The zero-order valence-corrected chi connectivity index (χ0v) is 11.9. The van der Waals surface area contributed by atoms with Gasteiger partial charge in [0.1, 0.15) is 0 Å². The molecule has 1 aliphatic heterocycles. The lowest BCUT2D eigenvalue weighted by Crippen LogP contribution is -2.41. The third kappa shape index (κ3) is 4.44. The lowest BCUT2D eigenvalue weighted by Gasteiger charge is -2.23. The molecule has 2 aliphatic rings. The molecule has 1 saturated carbocycles. The predicted molar refractivity (Wildman–Crippen MR) is 71.3 cm³/mol. The number of nitrogens with one attached hydrogen (secondary N) is 1. The molecule has 1 amide bonds. The summed E-state index contributed by atoms with van der Waals surface area (Å²) in [6, 6.07) is -0.401. The predicted octanol–water partition coefficient (Wildman–Crippen LogP) is 1.60. The molecule has 2 unspecified atom stereocenters. The van der Waals surface area contributed by atoms with Crippen LogP contribution in [-0.4, -0.2) is 38.0 Å². The van der Waals surface area contributed by atoms with E-state index in [4.69, 9.17) is 0 Å². The molecule has 0 aromatic rings. The molecule has 2 rings (SSSR count). The van der Waals surface area contributed by atoms with Crippen molar-refractivity contribution in [2.75, 3.05) is 11.5 Å². The van der Waals surface area contributed by atoms with Gasteiger partial charge in [-0.05, 0) is 18.8 Å². The first-order valence-corrected chi connectivity index (χ1v) is 8.93. The molecule has 0 bridgehead atoms. The maximum Gasteiger partial charge on any atom is 0.254 e. The van der Waals surface area contributed by atoms with Gasteiger partial charge in [-0.1, -0.05) is 32.1 Å². The number of alkyl halides is 1. The molecule has 0 aromatic carbocycles. The Morgan fingerprint density at radius 3 is 2.47 bits per heavy atom. The minimum Gasteiger partial charge on any atom is -0.350 e. The van der Waals surface area contributed by atoms with E-state index in [0.717, 1.165) is 25.7 Å². The zero-order chi connectivity index (χ0) is 13.9. The molecule has 19 heavy (non-hydrogen) atoms. The molecular weight excluding hydrogens is 269 g/mol. The van der Waals surface area contributed by atoms with Crippen molar-refractivity contribution >= 4 is 15.7 Å². The molecule has 2 atom stereocenters. The average molecular weight is 291 g/mol. The van der Waals surface area contributed by atoms with E-state index in [1.54, 1.807) is 0 Å². The maximum absolute atomic E-state index is 13.9. The van der Waals surface area contributed by atoms with Crippen LogP contribution >= 0.6 is 0 Å². The maximum atomic E-state index is 13.9. The fourth-order valence-electron chi connectivity index (χ4n) is 3.02. The average Bonchev–Trinajstić information content (AvgIpc) is 2.70. The lowest BCUT2D eigenvalue weighted by molar-refractivity contribution is -0.127. The van der Waals surface area contributed by atoms with Gasteiger partial charge < -0.3 is 5.32 Å². The Hall–Kier alpha value is -0.650. The third-order valence-electron chi connectivity index (χ3n) is 4.13. The molecule has 0 radical (unpaired) electrons. The van der Waals surface area contributed by atoms with Crippen LogP contribution in [-0.2, 0) is 14.6 Å². The van der Waals surface area contributed by atoms with E-state index in [1.807, 2.05) is 0 Å². The van der Waals surface area contributed by atoms with Crippen LogP contribution in [0.3, 0.4) is 0 Å². The van der Waals surface area contributed by atoms with E-state index in [-0.39, 0.29) is 17.9 Å². The molecule has 0 aromatic heterocycles. The summed E-state index contributed by atoms with van der Waals surface area (Å²) in [6.07, 6.45) is 4.66. The lowest BCUT2D eigenvalue weighted by atomic mass is 9.85. The highest BCUT2D eigenvalue weighted by molar-refractivity contribution is 7.91. The Morgan fingerprint density at radius 1 is 1.21 bits per heavy atom. The molecule has 110 valence electrons. The van der Waals surface area contributed by atoms with Crippen LogP contribution in [0.5, 0.6) is 0 Å². The molecule has 1 N–H and O–H groups in total. The van der Waals surface area contributed by atoms with Gasteiger partial charge in [0.05, 0.1) is 11.5 Å². The Labute approximate surface area is 114 Å². The van der Waals surface area contributed by atoms with Crippen LogP contribution in [0, 0.1) is 5.92 Å². The minimum absolute atomic E-state index is 0.0467. The van der Waals surface area contributed by atoms with E-state index >= 15 is 0 Å². The first kappa shape index (κ1) is 14.8. The number of amides is 1. The van der Waals surface area contributed by atoms with E-state index in [1.165, 1.54) is 6.42 Å². The van der Waals surface area contributed by atoms with Gasteiger partial charge in [-0.2, -0.15) is 0 Å². The Kier molecular flexibility index (Phi) is 4.81. The highest BCUT2D eigenvalue weighted by atomic mass is 32.2. The van der Waals surface area contributed by atoms with Crippen LogP contribution in [0.15, 0.2) is 0 Å². The molecular formula is C13H22FNO3S. The summed E-state index contributed by atoms with van der Waals surface area (Å²) in [5.41, 5.74) is 0. The molecule has 1 saturated heterocycles. The van der Waals surface area contributed by atoms with Crippen LogP contribution in [0.25, 0.3) is 0 Å². The summed E-state index contributed by atoms with van der Waals surface area (Å²) in [5.74, 6) is -0.277. The smallest absolute Gasteiger partial charge is 0.254 e. The molecule has 1 aliphatic carbocycles. The van der Waals surface area contributed by atoms with Crippen LogP contribution in [0.4, 0.5) is 4.39 Å². The number of carbonyl (C=O) groups is 1. The van der Waals surface area contributed by atoms with E-state index < -0.39 is 28.0 Å². The first-order valence-electron chi connectivity index (χ1n) is 7.11. The third-order valence-corrected chi connectivity index (χ3v) is 5.90. The molecule has 4 nitrogen and oxygen atoms in total. The van der Waals surface area contributed by atoms with Crippen molar-refractivity contribution in [1.29, 1.82) is 0 Å². The second-order valence-electron chi connectivity index (χ2n) is 5.82. The van der Waals surface area contributed by atoms with Crippen molar-refractivity contribution in [2.24, 2.45) is 5.92 Å². The van der Waals surface area contributed by atoms with Crippen LogP contribution in [0.2, 0.25) is 0 Å². The minimum atomic E-state index is -3.03. The second kappa shape index (κ2) is 6.20. The monoisotopic (exact) mass is 291 g/mol. The largest absolute Gasteiger partial charge is 0.350 e. The van der Waals surface area contributed by atoms with Crippen LogP contribution in [0.1, 0.15) is 44.9 Å². The number of sulfone groups is 1. The van der Waals surface area contributed by atoms with Crippen molar-refractivity contribution in [3.8, 4) is 0 Å². The normalized spacial score (nSPS) is 29.0. The number of hydrogen-bond acceptors (Lipinski definition) is 3. The standard InChI is InChI=1S/C13H22FNO3S/c14-12(8-10-4-2-1-3-5-10)13(16)15-11-6-7-19(17,18)9-11/h10-12H,1-9H2,(H,15,16). The van der Waals surface area contributed by atoms with E-state index in [9.17, 15) is 17.6 Å². The number of carbonyl (C=O) groups excluding carboxylic acids is 1. The SMILES string of the molecule is O=C(NC1CCS(=O)(=O)C1)C(F)CC1CCCCC1. The summed E-state index contributed by atoms with van der Waals surface area (Å²) >= 11 is 0. The fraction of sp³-hybridized carbons (Fsp3) is 0.923. The van der Waals surface area contributed by atoms with Gasteiger partial charge in [-0.25, -0.2) is 12.8 Å². The van der Waals surface area contributed by atoms with Gasteiger partial charge in [0.25, 0.3) is 5.91 Å². The second-order valence-corrected chi connectivity index (χ2v) is 8.04. The molecule has 0 spiro atoms.